The highest BCUT2D eigenvalue weighted by Gasteiger charge is 2.11. The lowest BCUT2D eigenvalue weighted by molar-refractivity contribution is 0.399. The topological polar surface area (TPSA) is 30.5 Å². The fraction of sp³-hybridized carbons (Fsp3) is 0.409. The average molecular weight is 416 g/mol. The Balaban J connectivity index is 1.78. The minimum Gasteiger partial charge on any atom is -0.493 e. The first-order valence-electron chi connectivity index (χ1n) is 10.2. The molecule has 0 aromatic heterocycles. The molecule has 2 aromatic rings. The van der Waals surface area contributed by atoms with Crippen LogP contribution >= 0.6 is 24.1 Å². The molecular formula is C22H29BNO2S2. The molecule has 1 unspecified atom stereocenters. The Morgan fingerprint density at radius 3 is 2.71 bits per heavy atom. The third kappa shape index (κ3) is 7.76. The Hall–Kier alpha value is -1.66. The number of ether oxygens (including phenoxy) is 1. The Kier molecular flexibility index (Phi) is 9.58. The molecule has 0 saturated heterocycles. The maximum absolute atomic E-state index is 7.05. The summed E-state index contributed by atoms with van der Waals surface area (Å²) in [4.78, 5) is 0.956. The van der Waals surface area contributed by atoms with Crippen molar-refractivity contribution < 1.29 is 8.92 Å². The predicted molar refractivity (Wildman–Crippen MR) is 126 cm³/mol. The van der Waals surface area contributed by atoms with E-state index in [-0.39, 0.29) is 0 Å². The summed E-state index contributed by atoms with van der Waals surface area (Å²) >= 11 is 6.54. The van der Waals surface area contributed by atoms with Gasteiger partial charge in [0.15, 0.2) is 11.5 Å². The Morgan fingerprint density at radius 2 is 2.00 bits per heavy atom. The summed E-state index contributed by atoms with van der Waals surface area (Å²) < 4.78 is 17.9. The summed E-state index contributed by atoms with van der Waals surface area (Å²) in [7, 11) is 2.78. The molecule has 0 fully saturated rings. The lowest BCUT2D eigenvalue weighted by Gasteiger charge is -2.17. The minimum absolute atomic E-state index is 0.558. The zero-order valence-electron chi connectivity index (χ0n) is 17.6. The quantitative estimate of drug-likeness (QED) is 0.281. The van der Waals surface area contributed by atoms with Crippen molar-refractivity contribution >= 4 is 36.2 Å². The van der Waals surface area contributed by atoms with Crippen LogP contribution in [0.1, 0.15) is 37.3 Å². The highest BCUT2D eigenvalue weighted by atomic mass is 32.2. The molecule has 0 bridgehead atoms. The molecule has 0 aliphatic carbocycles. The van der Waals surface area contributed by atoms with E-state index in [4.69, 9.17) is 22.5 Å². The third-order valence-corrected chi connectivity index (χ3v) is 5.42. The van der Waals surface area contributed by atoms with Crippen molar-refractivity contribution in [3.8, 4) is 11.5 Å². The van der Waals surface area contributed by atoms with Crippen molar-refractivity contribution in [1.82, 2.24) is 5.32 Å². The molecule has 6 heteroatoms. The van der Waals surface area contributed by atoms with E-state index in [9.17, 15) is 0 Å². The molecule has 0 aliphatic rings. The number of benzene rings is 2. The van der Waals surface area contributed by atoms with Crippen LogP contribution in [-0.2, 0) is 12.8 Å². The van der Waals surface area contributed by atoms with Crippen molar-refractivity contribution in [1.29, 1.82) is 1.34 Å². The second-order valence-electron chi connectivity index (χ2n) is 6.77. The van der Waals surface area contributed by atoms with Gasteiger partial charge in [-0.2, -0.15) is 0 Å². The number of hydrogen-bond acceptors (Lipinski definition) is 4. The second kappa shape index (κ2) is 12.7. The van der Waals surface area contributed by atoms with Gasteiger partial charge in [-0.25, -0.2) is 0 Å². The molecule has 149 valence electrons. The van der Waals surface area contributed by atoms with E-state index in [0.717, 1.165) is 62.6 Å². The Bertz CT molecular complexity index is 749. The van der Waals surface area contributed by atoms with E-state index in [1.807, 2.05) is 18.2 Å². The zero-order chi connectivity index (χ0) is 20.9. The first-order chi connectivity index (χ1) is 14.2. The van der Waals surface area contributed by atoms with Gasteiger partial charge in [0.1, 0.15) is 0 Å². The molecule has 0 spiro atoms. The second-order valence-corrected chi connectivity index (χ2v) is 7.62. The molecule has 3 nitrogen and oxygen atoms in total. The van der Waals surface area contributed by atoms with E-state index in [1.165, 1.54) is 11.1 Å². The van der Waals surface area contributed by atoms with Crippen molar-refractivity contribution in [3.63, 3.8) is 0 Å². The molecule has 1 atom stereocenters. The number of methoxy groups -OCH3 is 1. The number of thiocarbonyl (C=S) groups is 1. The van der Waals surface area contributed by atoms with Gasteiger partial charge in [0.2, 0.25) is 7.09 Å². The smallest absolute Gasteiger partial charge is 0.227 e. The summed E-state index contributed by atoms with van der Waals surface area (Å²) in [6, 6.07) is 16.5. The SMILES string of the molecule is [3H][B]SOc1ccc(CCC(CC)CC(=S)NCCc2ccccc2)cc1OC. The molecule has 0 saturated carbocycles. The van der Waals surface area contributed by atoms with Gasteiger partial charge in [-0.05, 0) is 61.7 Å². The van der Waals surface area contributed by atoms with Crippen LogP contribution in [0.25, 0.3) is 0 Å². The monoisotopic (exact) mass is 416 g/mol. The number of nitrogens with one attached hydrogen (secondary N) is 1. The van der Waals surface area contributed by atoms with Crippen LogP contribution in [0, 0.1) is 5.92 Å². The first kappa shape index (κ1) is 21.1. The predicted octanol–water partition coefficient (Wildman–Crippen LogP) is 5.05. The van der Waals surface area contributed by atoms with Gasteiger partial charge < -0.3 is 14.2 Å². The van der Waals surface area contributed by atoms with Crippen LogP contribution in [0.3, 0.4) is 0 Å². The van der Waals surface area contributed by atoms with Crippen LogP contribution in [0.5, 0.6) is 11.5 Å². The Labute approximate surface area is 181 Å². The molecule has 28 heavy (non-hydrogen) atoms. The van der Waals surface area contributed by atoms with Crippen molar-refractivity contribution in [2.45, 2.75) is 39.0 Å². The van der Waals surface area contributed by atoms with Gasteiger partial charge in [-0.15, -0.1) is 0 Å². The van der Waals surface area contributed by atoms with E-state index in [0.29, 0.717) is 17.4 Å². The molecule has 2 aromatic carbocycles. The van der Waals surface area contributed by atoms with Gasteiger partial charge in [-0.1, -0.05) is 62.0 Å². The summed E-state index contributed by atoms with van der Waals surface area (Å²) in [6.07, 6.45) is 5.07. The third-order valence-electron chi connectivity index (χ3n) is 4.84. The van der Waals surface area contributed by atoms with Gasteiger partial charge >= 0.3 is 0 Å². The van der Waals surface area contributed by atoms with Crippen LogP contribution < -0.4 is 14.2 Å². The van der Waals surface area contributed by atoms with Crippen LogP contribution in [0.4, 0.5) is 0 Å². The standard InChI is InChI=1S/C22H29BNO2S2/c1-3-17(16-22(27)24-14-13-18-7-5-4-6-8-18)9-10-19-11-12-20(26-28-23)21(15-19)25-2/h4-8,11-12,15,17,23H,3,9-10,13-14,16H2,1-2H3,(H,24,27)/i23T. The first-order valence-corrected chi connectivity index (χ1v) is 10.9. The number of hydrogen-bond donors (Lipinski definition) is 1. The van der Waals surface area contributed by atoms with E-state index < -0.39 is 0 Å². The number of rotatable bonds is 13. The summed E-state index contributed by atoms with van der Waals surface area (Å²) in [5.41, 5.74) is 2.55. The lowest BCUT2D eigenvalue weighted by atomic mass is 9.94. The summed E-state index contributed by atoms with van der Waals surface area (Å²) in [6.45, 7) is 3.11. The molecule has 1 radical (unpaired) electrons. The van der Waals surface area contributed by atoms with Crippen molar-refractivity contribution in [2.24, 2.45) is 5.92 Å². The van der Waals surface area contributed by atoms with Crippen molar-refractivity contribution in [2.75, 3.05) is 13.7 Å². The molecular weight excluding hydrogens is 385 g/mol. The largest absolute Gasteiger partial charge is 0.493 e. The van der Waals surface area contributed by atoms with Gasteiger partial charge in [0, 0.05) is 13.0 Å². The molecule has 0 aliphatic heterocycles. The zero-order valence-corrected chi connectivity index (χ0v) is 18.3. The Morgan fingerprint density at radius 1 is 1.18 bits per heavy atom. The fourth-order valence-corrected chi connectivity index (χ4v) is 3.71. The van der Waals surface area contributed by atoms with Crippen LogP contribution in [0.2, 0.25) is 0 Å². The van der Waals surface area contributed by atoms with Crippen LogP contribution in [-0.4, -0.2) is 27.1 Å². The maximum Gasteiger partial charge on any atom is 0.227 e. The van der Waals surface area contributed by atoms with Gasteiger partial charge in [0.25, 0.3) is 0 Å². The maximum atomic E-state index is 7.05. The fourth-order valence-electron chi connectivity index (χ4n) is 3.13. The lowest BCUT2D eigenvalue weighted by Crippen LogP contribution is -2.26. The number of aryl methyl sites for hydroxylation is 1. The van der Waals surface area contributed by atoms with E-state index in [1.54, 1.807) is 7.11 Å². The average Bonchev–Trinajstić information content (AvgIpc) is 2.76. The molecule has 1 N–H and O–H groups in total. The van der Waals surface area contributed by atoms with E-state index in [2.05, 4.69) is 42.6 Å². The minimum atomic E-state index is 0.558. The van der Waals surface area contributed by atoms with Gasteiger partial charge in [0.05, 0.1) is 12.1 Å². The normalized spacial score (nSPS) is 12.0. The highest BCUT2D eigenvalue weighted by molar-refractivity contribution is 8.16. The van der Waals surface area contributed by atoms with Crippen LogP contribution in [0.15, 0.2) is 48.5 Å². The summed E-state index contributed by atoms with van der Waals surface area (Å²) in [5, 5.41) is 3.41. The highest BCUT2D eigenvalue weighted by Crippen LogP contribution is 2.31. The van der Waals surface area contributed by atoms with E-state index >= 15 is 0 Å². The molecule has 0 amide bonds. The molecule has 0 heterocycles. The molecule has 2 rings (SSSR count). The van der Waals surface area contributed by atoms with Crippen molar-refractivity contribution in [3.05, 3.63) is 59.7 Å². The van der Waals surface area contributed by atoms with Gasteiger partial charge in [-0.3, -0.25) is 0 Å². The summed E-state index contributed by atoms with van der Waals surface area (Å²) in [5.74, 6) is 1.89.